The van der Waals surface area contributed by atoms with E-state index in [1.54, 1.807) is 12.1 Å². The molecule has 0 aliphatic carbocycles. The molecule has 0 amide bonds. The average Bonchev–Trinajstić information content (AvgIpc) is 2.63. The van der Waals surface area contributed by atoms with E-state index in [1.165, 1.54) is 11.1 Å². The molecule has 2 aromatic rings. The topological polar surface area (TPSA) is 35.8 Å². The molecule has 0 aliphatic heterocycles. The second kappa shape index (κ2) is 10.4. The van der Waals surface area contributed by atoms with Gasteiger partial charge in [0.15, 0.2) is 0 Å². The fourth-order valence-corrected chi connectivity index (χ4v) is 2.78. The number of rotatable bonds is 7. The van der Waals surface area contributed by atoms with Crippen LogP contribution in [0, 0.1) is 6.92 Å². The summed E-state index contributed by atoms with van der Waals surface area (Å²) in [6.45, 7) is 15.0. The monoisotopic (exact) mass is 352 g/mol. The second-order valence-electron chi connectivity index (χ2n) is 6.59. The fourth-order valence-electron chi connectivity index (χ4n) is 2.78. The maximum absolute atomic E-state index is 9.43. The Bertz CT molecular complexity index is 702. The molecule has 3 heteroatoms. The number of phenols is 1. The normalized spacial score (nSPS) is 11.0. The lowest BCUT2D eigenvalue weighted by Gasteiger charge is -2.26. The van der Waals surface area contributed by atoms with Gasteiger partial charge in [0.1, 0.15) is 5.75 Å². The Morgan fingerprint density at radius 2 is 1.69 bits per heavy atom. The summed E-state index contributed by atoms with van der Waals surface area (Å²) in [6, 6.07) is 15.5. The fraction of sp³-hybridized carbons (Fsp3) is 0.348. The molecule has 26 heavy (non-hydrogen) atoms. The first-order valence-electron chi connectivity index (χ1n) is 9.20. The van der Waals surface area contributed by atoms with E-state index in [-0.39, 0.29) is 11.2 Å². The molecule has 0 spiro atoms. The zero-order chi connectivity index (χ0) is 19.6. The van der Waals surface area contributed by atoms with Crippen LogP contribution in [-0.2, 0) is 5.41 Å². The predicted molar refractivity (Wildman–Crippen MR) is 114 cm³/mol. The van der Waals surface area contributed by atoms with Gasteiger partial charge in [-0.3, -0.25) is 5.01 Å². The Labute approximate surface area is 158 Å². The largest absolute Gasteiger partial charge is 0.508 e. The molecule has 1 N–H and O–H groups in total. The predicted octanol–water partition coefficient (Wildman–Crippen LogP) is 6.07. The van der Waals surface area contributed by atoms with Gasteiger partial charge in [0.05, 0.1) is 12.2 Å². The molecule has 0 fully saturated rings. The van der Waals surface area contributed by atoms with Crippen molar-refractivity contribution in [2.45, 2.75) is 46.5 Å². The lowest BCUT2D eigenvalue weighted by molar-refractivity contribution is 0.475. The molecule has 0 atom stereocenters. The van der Waals surface area contributed by atoms with Crippen LogP contribution in [-0.4, -0.2) is 17.9 Å². The minimum absolute atomic E-state index is 0.0175. The van der Waals surface area contributed by atoms with Crippen LogP contribution in [0.5, 0.6) is 5.75 Å². The highest BCUT2D eigenvalue weighted by Gasteiger charge is 2.21. The molecule has 0 saturated heterocycles. The summed E-state index contributed by atoms with van der Waals surface area (Å²) < 4.78 is 0. The Hall–Kier alpha value is -2.55. The number of anilines is 1. The zero-order valence-corrected chi connectivity index (χ0v) is 16.7. The number of benzene rings is 2. The number of aryl methyl sites for hydroxylation is 1. The van der Waals surface area contributed by atoms with E-state index in [9.17, 15) is 5.11 Å². The van der Waals surface area contributed by atoms with Gasteiger partial charge in [0, 0.05) is 6.21 Å². The lowest BCUT2D eigenvalue weighted by atomic mass is 9.80. The van der Waals surface area contributed by atoms with Gasteiger partial charge in [0.2, 0.25) is 0 Å². The Balaban J connectivity index is 0.00000163. The number of nitrogens with zero attached hydrogens (tertiary/aromatic N) is 2. The van der Waals surface area contributed by atoms with Crippen molar-refractivity contribution in [2.24, 2.45) is 5.10 Å². The third-order valence-electron chi connectivity index (χ3n) is 4.15. The van der Waals surface area contributed by atoms with Gasteiger partial charge < -0.3 is 5.11 Å². The SMILES string of the molecule is C=CCN(/N=C/CC(C)(C)c1ccccc1C)c1ccc(O)cc1.CC. The van der Waals surface area contributed by atoms with E-state index in [1.807, 2.05) is 43.3 Å². The highest BCUT2D eigenvalue weighted by Crippen LogP contribution is 2.29. The lowest BCUT2D eigenvalue weighted by Crippen LogP contribution is -2.21. The molecule has 0 unspecified atom stereocenters. The molecule has 0 saturated carbocycles. The van der Waals surface area contributed by atoms with Crippen LogP contribution >= 0.6 is 0 Å². The van der Waals surface area contributed by atoms with Crippen molar-refractivity contribution in [1.82, 2.24) is 0 Å². The van der Waals surface area contributed by atoms with Gasteiger partial charge in [-0.1, -0.05) is 58.0 Å². The summed E-state index contributed by atoms with van der Waals surface area (Å²) in [6.07, 6.45) is 4.61. The molecule has 0 aliphatic rings. The molecule has 0 aromatic heterocycles. The van der Waals surface area contributed by atoms with Crippen LogP contribution in [0.25, 0.3) is 0 Å². The first-order valence-corrected chi connectivity index (χ1v) is 9.20. The first kappa shape index (κ1) is 21.5. The Morgan fingerprint density at radius 1 is 1.08 bits per heavy atom. The van der Waals surface area contributed by atoms with E-state index in [2.05, 4.69) is 56.7 Å². The molecule has 3 nitrogen and oxygen atoms in total. The van der Waals surface area contributed by atoms with Crippen LogP contribution in [0.4, 0.5) is 5.69 Å². The van der Waals surface area contributed by atoms with Crippen LogP contribution in [0.3, 0.4) is 0 Å². The van der Waals surface area contributed by atoms with Crippen molar-refractivity contribution in [2.75, 3.05) is 11.6 Å². The van der Waals surface area contributed by atoms with Crippen LogP contribution in [0.2, 0.25) is 0 Å². The van der Waals surface area contributed by atoms with Crippen LogP contribution in [0.1, 0.15) is 45.2 Å². The van der Waals surface area contributed by atoms with Gasteiger partial charge in [-0.05, 0) is 54.2 Å². The maximum atomic E-state index is 9.43. The van der Waals surface area contributed by atoms with Crippen molar-refractivity contribution in [3.63, 3.8) is 0 Å². The third-order valence-corrected chi connectivity index (χ3v) is 4.15. The second-order valence-corrected chi connectivity index (χ2v) is 6.59. The van der Waals surface area contributed by atoms with E-state index >= 15 is 0 Å². The summed E-state index contributed by atoms with van der Waals surface area (Å²) in [4.78, 5) is 0. The molecule has 0 bridgehead atoms. The van der Waals surface area contributed by atoms with Crippen molar-refractivity contribution in [3.8, 4) is 5.75 Å². The molecule has 0 radical (unpaired) electrons. The van der Waals surface area contributed by atoms with Crippen molar-refractivity contribution >= 4 is 11.9 Å². The number of hydrogen-bond acceptors (Lipinski definition) is 3. The van der Waals surface area contributed by atoms with Crippen molar-refractivity contribution in [1.29, 1.82) is 0 Å². The highest BCUT2D eigenvalue weighted by molar-refractivity contribution is 5.63. The summed E-state index contributed by atoms with van der Waals surface area (Å²) in [5, 5.41) is 15.9. The van der Waals surface area contributed by atoms with E-state index < -0.39 is 0 Å². The summed E-state index contributed by atoms with van der Waals surface area (Å²) in [7, 11) is 0. The quantitative estimate of drug-likeness (QED) is 0.373. The molecular weight excluding hydrogens is 320 g/mol. The molecule has 2 rings (SSSR count). The zero-order valence-electron chi connectivity index (χ0n) is 16.7. The number of hydrazone groups is 1. The van der Waals surface area contributed by atoms with E-state index in [0.29, 0.717) is 6.54 Å². The minimum atomic E-state index is 0.0175. The standard InChI is InChI=1S/C21H26N2O.C2H6/c1-5-16-23(18-10-12-19(24)13-11-18)22-15-14-21(3,4)20-9-7-6-8-17(20)2;1-2/h5-13,15,24H,1,14,16H2,2-4H3;1-2H3/b22-15+;. The smallest absolute Gasteiger partial charge is 0.115 e. The molecule has 2 aromatic carbocycles. The van der Waals surface area contributed by atoms with Gasteiger partial charge in [-0.15, -0.1) is 6.58 Å². The molecular formula is C23H32N2O. The van der Waals surface area contributed by atoms with Crippen LogP contribution in [0.15, 0.2) is 66.3 Å². The summed E-state index contributed by atoms with van der Waals surface area (Å²) in [5.41, 5.74) is 3.59. The van der Waals surface area contributed by atoms with Crippen molar-refractivity contribution in [3.05, 3.63) is 72.3 Å². The van der Waals surface area contributed by atoms with Crippen molar-refractivity contribution < 1.29 is 5.11 Å². The molecule has 0 heterocycles. The minimum Gasteiger partial charge on any atom is -0.508 e. The summed E-state index contributed by atoms with van der Waals surface area (Å²) in [5.74, 6) is 0.252. The highest BCUT2D eigenvalue weighted by atomic mass is 16.3. The van der Waals surface area contributed by atoms with Gasteiger partial charge >= 0.3 is 0 Å². The van der Waals surface area contributed by atoms with Crippen LogP contribution < -0.4 is 5.01 Å². The third kappa shape index (κ3) is 6.07. The first-order chi connectivity index (χ1) is 12.4. The molecule has 140 valence electrons. The number of hydrogen-bond donors (Lipinski definition) is 1. The van der Waals surface area contributed by atoms with E-state index in [0.717, 1.165) is 12.1 Å². The average molecular weight is 353 g/mol. The summed E-state index contributed by atoms with van der Waals surface area (Å²) >= 11 is 0. The van der Waals surface area contributed by atoms with Gasteiger partial charge in [-0.25, -0.2) is 0 Å². The maximum Gasteiger partial charge on any atom is 0.115 e. The van der Waals surface area contributed by atoms with Gasteiger partial charge in [0.25, 0.3) is 0 Å². The van der Waals surface area contributed by atoms with Gasteiger partial charge in [-0.2, -0.15) is 5.10 Å². The number of phenolic OH excluding ortho intramolecular Hbond substituents is 1. The number of aromatic hydroxyl groups is 1. The van der Waals surface area contributed by atoms with E-state index in [4.69, 9.17) is 0 Å². The Morgan fingerprint density at radius 3 is 2.27 bits per heavy atom. The Kier molecular flexibility index (Phi) is 8.63.